The number of hydrogen-bond acceptors (Lipinski definition) is 1. The van der Waals surface area contributed by atoms with Crippen LogP contribution in [0.25, 0.3) is 10.9 Å². The van der Waals surface area contributed by atoms with E-state index in [2.05, 4.69) is 78.7 Å². The number of nitrogens with one attached hydrogen (secondary N) is 1. The van der Waals surface area contributed by atoms with E-state index in [1.54, 1.807) is 0 Å². The maximum atomic E-state index is 12.7. The fraction of sp³-hybridized carbons (Fsp3) is 0.375. The third kappa shape index (κ3) is 2.64. The van der Waals surface area contributed by atoms with Crippen molar-refractivity contribution in [2.24, 2.45) is 5.41 Å². The van der Waals surface area contributed by atoms with Gasteiger partial charge in [0.2, 0.25) is 0 Å². The van der Waals surface area contributed by atoms with Crippen molar-refractivity contribution in [3.05, 3.63) is 71.4 Å². The van der Waals surface area contributed by atoms with E-state index >= 15 is 0 Å². The van der Waals surface area contributed by atoms with E-state index in [0.717, 1.165) is 13.0 Å². The highest BCUT2D eigenvalue weighted by Crippen LogP contribution is 2.48. The van der Waals surface area contributed by atoms with Crippen LogP contribution >= 0.6 is 0 Å². The van der Waals surface area contributed by atoms with Crippen LogP contribution in [0, 0.1) is 5.41 Å². The van der Waals surface area contributed by atoms with Crippen molar-refractivity contribution >= 4 is 16.7 Å². The number of H-pyrrole nitrogens is 1. The van der Waals surface area contributed by atoms with Gasteiger partial charge in [0, 0.05) is 29.3 Å². The Morgan fingerprint density at radius 3 is 2.52 bits per heavy atom. The lowest BCUT2D eigenvalue weighted by Crippen LogP contribution is -2.98. The number of aromatic amines is 1. The molecule has 0 saturated heterocycles. The van der Waals surface area contributed by atoms with Crippen LogP contribution in [0.3, 0.4) is 0 Å². The maximum absolute atomic E-state index is 12.7. The largest absolute Gasteiger partial charge is 0.353 e. The summed E-state index contributed by atoms with van der Waals surface area (Å²) in [5, 5.41) is 3.77. The molecule has 5 rings (SSSR count). The summed E-state index contributed by atoms with van der Waals surface area (Å²) < 4.78 is 0. The van der Waals surface area contributed by atoms with Crippen molar-refractivity contribution in [3.63, 3.8) is 0 Å². The molecule has 1 saturated carbocycles. The summed E-state index contributed by atoms with van der Waals surface area (Å²) in [6, 6.07) is 19.4. The highest BCUT2D eigenvalue weighted by molar-refractivity contribution is 5.88. The van der Waals surface area contributed by atoms with Gasteiger partial charge in [0.25, 0.3) is 0 Å². The topological polar surface area (TPSA) is 49.5 Å². The number of fused-ring (bicyclic) bond motifs is 4. The van der Waals surface area contributed by atoms with Crippen LogP contribution in [0.5, 0.6) is 0 Å². The number of quaternary nitrogens is 1. The predicted octanol–water partition coefficient (Wildman–Crippen LogP) is 3.85. The summed E-state index contributed by atoms with van der Waals surface area (Å²) in [6.07, 6.45) is 2.37. The lowest BCUT2D eigenvalue weighted by molar-refractivity contribution is -0.744. The molecule has 2 aromatic carbocycles. The Hall–Kier alpha value is -2.39. The minimum absolute atomic E-state index is 0.0416. The molecule has 1 aliphatic heterocycles. The zero-order chi connectivity index (χ0) is 18.6. The number of hydrogen-bond donors (Lipinski definition) is 2. The zero-order valence-corrected chi connectivity index (χ0v) is 16.1. The molecule has 2 atom stereocenters. The van der Waals surface area contributed by atoms with Crippen LogP contribution in [0.2, 0.25) is 0 Å². The van der Waals surface area contributed by atoms with Gasteiger partial charge in [0.15, 0.2) is 0 Å². The van der Waals surface area contributed by atoms with Gasteiger partial charge < -0.3 is 10.3 Å². The zero-order valence-electron chi connectivity index (χ0n) is 16.1. The SMILES string of the molecule is CC1(C)CC(=O)C[C@]2(C1)[NH2+]C[C@H](c1ccccc1)c1c2[nH]c2ccccc12. The van der Waals surface area contributed by atoms with Crippen molar-refractivity contribution in [1.82, 2.24) is 4.98 Å². The van der Waals surface area contributed by atoms with E-state index in [4.69, 9.17) is 0 Å². The molecule has 3 N–H and O–H groups in total. The number of nitrogens with two attached hydrogens (primary N) is 1. The summed E-state index contributed by atoms with van der Waals surface area (Å²) in [7, 11) is 0. The Balaban J connectivity index is 1.74. The van der Waals surface area contributed by atoms with Gasteiger partial charge in [-0.05, 0) is 17.0 Å². The first-order valence-corrected chi connectivity index (χ1v) is 10.00. The second-order valence-electron chi connectivity index (χ2n) is 9.25. The van der Waals surface area contributed by atoms with Crippen molar-refractivity contribution in [1.29, 1.82) is 0 Å². The van der Waals surface area contributed by atoms with E-state index in [9.17, 15) is 4.79 Å². The second-order valence-corrected chi connectivity index (χ2v) is 9.25. The summed E-state index contributed by atoms with van der Waals surface area (Å²) >= 11 is 0. The summed E-state index contributed by atoms with van der Waals surface area (Å²) in [6.45, 7) is 5.47. The van der Waals surface area contributed by atoms with Gasteiger partial charge in [-0.15, -0.1) is 0 Å². The fourth-order valence-corrected chi connectivity index (χ4v) is 5.72. The van der Waals surface area contributed by atoms with Crippen molar-refractivity contribution < 1.29 is 10.1 Å². The molecule has 3 nitrogen and oxygen atoms in total. The molecule has 1 aliphatic carbocycles. The van der Waals surface area contributed by atoms with Crippen molar-refractivity contribution in [2.75, 3.05) is 6.54 Å². The average molecular weight is 359 g/mol. The molecule has 0 bridgehead atoms. The quantitative estimate of drug-likeness (QED) is 0.681. The van der Waals surface area contributed by atoms with E-state index in [-0.39, 0.29) is 11.0 Å². The van der Waals surface area contributed by atoms with Gasteiger partial charge in [-0.3, -0.25) is 4.79 Å². The van der Waals surface area contributed by atoms with E-state index in [1.165, 1.54) is 27.7 Å². The molecule has 3 aromatic rings. The van der Waals surface area contributed by atoms with Crippen molar-refractivity contribution in [3.8, 4) is 0 Å². The number of carbonyl (C=O) groups is 1. The molecule has 3 heteroatoms. The molecule has 0 amide bonds. The van der Waals surface area contributed by atoms with Gasteiger partial charge in [0.1, 0.15) is 11.3 Å². The van der Waals surface area contributed by atoms with Gasteiger partial charge in [-0.25, -0.2) is 0 Å². The standard InChI is InChI=1S/C24H26N2O/c1-23(2)12-17(27)13-24(15-23)22-21(18-10-6-7-11-20(18)26-22)19(14-25-24)16-8-4-3-5-9-16/h3-11,19,25-26H,12-15H2,1-2H3/p+1/t19-,24-/m1/s1. The van der Waals surface area contributed by atoms with Crippen molar-refractivity contribution in [2.45, 2.75) is 44.6 Å². The van der Waals surface area contributed by atoms with E-state index in [0.29, 0.717) is 24.5 Å². The Morgan fingerprint density at radius 2 is 1.74 bits per heavy atom. The third-order valence-electron chi connectivity index (χ3n) is 6.52. The number of ketones is 1. The normalized spacial score (nSPS) is 27.0. The first-order chi connectivity index (χ1) is 13.0. The first kappa shape index (κ1) is 16.8. The van der Waals surface area contributed by atoms with Crippen LogP contribution in [-0.4, -0.2) is 17.3 Å². The monoisotopic (exact) mass is 359 g/mol. The Labute approximate surface area is 160 Å². The van der Waals surface area contributed by atoms with Crippen LogP contribution in [0.4, 0.5) is 0 Å². The number of benzene rings is 2. The molecule has 1 spiro atoms. The molecule has 138 valence electrons. The predicted molar refractivity (Wildman–Crippen MR) is 108 cm³/mol. The Morgan fingerprint density at radius 1 is 1.00 bits per heavy atom. The van der Waals surface area contributed by atoms with Crippen LogP contribution in [0.15, 0.2) is 54.6 Å². The van der Waals surface area contributed by atoms with Gasteiger partial charge >= 0.3 is 0 Å². The number of Topliss-reactive ketones (excluding diaryl/α,β-unsaturated/α-hetero) is 1. The number of para-hydroxylation sites is 1. The minimum atomic E-state index is -0.154. The molecule has 2 heterocycles. The molecular formula is C24H27N2O+. The fourth-order valence-electron chi connectivity index (χ4n) is 5.72. The molecule has 27 heavy (non-hydrogen) atoms. The highest BCUT2D eigenvalue weighted by Gasteiger charge is 2.53. The lowest BCUT2D eigenvalue weighted by atomic mass is 9.63. The van der Waals surface area contributed by atoms with Gasteiger partial charge in [0.05, 0.1) is 24.6 Å². The van der Waals surface area contributed by atoms with Gasteiger partial charge in [-0.1, -0.05) is 62.4 Å². The van der Waals surface area contributed by atoms with Crippen LogP contribution in [0.1, 0.15) is 55.8 Å². The lowest BCUT2D eigenvalue weighted by Gasteiger charge is -2.45. The summed E-state index contributed by atoms with van der Waals surface area (Å²) in [5.74, 6) is 0.744. The Kier molecular flexibility index (Phi) is 3.60. The highest BCUT2D eigenvalue weighted by atomic mass is 16.1. The number of aromatic nitrogens is 1. The average Bonchev–Trinajstić information content (AvgIpc) is 3.02. The molecule has 0 unspecified atom stereocenters. The molecule has 1 aromatic heterocycles. The Bertz CT molecular complexity index is 1020. The summed E-state index contributed by atoms with van der Waals surface area (Å²) in [5.41, 5.74) is 5.12. The third-order valence-corrected chi connectivity index (χ3v) is 6.52. The van der Waals surface area contributed by atoms with E-state index < -0.39 is 0 Å². The molecule has 0 radical (unpaired) electrons. The molecule has 1 fully saturated rings. The summed E-state index contributed by atoms with van der Waals surface area (Å²) in [4.78, 5) is 16.4. The smallest absolute Gasteiger partial charge is 0.144 e. The second kappa shape index (κ2) is 5.80. The minimum Gasteiger partial charge on any atom is -0.353 e. The van der Waals surface area contributed by atoms with Crippen LogP contribution in [-0.2, 0) is 10.3 Å². The molecular weight excluding hydrogens is 332 g/mol. The number of rotatable bonds is 1. The first-order valence-electron chi connectivity index (χ1n) is 10.00. The number of carbonyl (C=O) groups excluding carboxylic acids is 1. The maximum Gasteiger partial charge on any atom is 0.144 e. The molecule has 2 aliphatic rings. The van der Waals surface area contributed by atoms with E-state index in [1.807, 2.05) is 0 Å². The van der Waals surface area contributed by atoms with Gasteiger partial charge in [-0.2, -0.15) is 0 Å². The van der Waals surface area contributed by atoms with Crippen LogP contribution < -0.4 is 5.32 Å².